The van der Waals surface area contributed by atoms with Gasteiger partial charge in [-0.05, 0) is 37.0 Å². The van der Waals surface area contributed by atoms with E-state index in [9.17, 15) is 5.26 Å². The summed E-state index contributed by atoms with van der Waals surface area (Å²) in [6.07, 6.45) is 4.56. The number of nitrogen functional groups attached to an aromatic ring is 1. The van der Waals surface area contributed by atoms with E-state index in [1.165, 1.54) is 11.8 Å². The van der Waals surface area contributed by atoms with Crippen molar-refractivity contribution in [3.8, 4) is 17.5 Å². The lowest BCUT2D eigenvalue weighted by molar-refractivity contribution is 0.579. The first-order chi connectivity index (χ1) is 12.3. The molecule has 0 saturated carbocycles. The van der Waals surface area contributed by atoms with Gasteiger partial charge < -0.3 is 15.5 Å². The van der Waals surface area contributed by atoms with Crippen LogP contribution in [0, 0.1) is 11.3 Å². The Morgan fingerprint density at radius 1 is 1.08 bits per heavy atom. The summed E-state index contributed by atoms with van der Waals surface area (Å²) in [7, 11) is 0. The van der Waals surface area contributed by atoms with Crippen molar-refractivity contribution in [3.63, 3.8) is 0 Å². The van der Waals surface area contributed by atoms with Crippen molar-refractivity contribution >= 4 is 11.8 Å². The zero-order valence-corrected chi connectivity index (χ0v) is 13.8. The molecule has 0 unspecified atom stereocenters. The number of aromatic nitrogens is 2. The maximum absolute atomic E-state index is 9.49. The third-order valence-electron chi connectivity index (χ3n) is 3.82. The molecule has 3 aromatic rings. The number of nitrogens with two attached hydrogens (primary N) is 1. The number of anilines is 2. The Hall–Kier alpha value is -3.33. The van der Waals surface area contributed by atoms with Gasteiger partial charge in [-0.3, -0.25) is 0 Å². The number of furan rings is 1. The van der Waals surface area contributed by atoms with Crippen molar-refractivity contribution in [2.24, 2.45) is 0 Å². The molecule has 0 aliphatic carbocycles. The topological polar surface area (TPSA) is 101 Å². The normalized spacial score (nSPS) is 10.4. The molecule has 0 bridgehead atoms. The Labute approximate surface area is 146 Å². The summed E-state index contributed by atoms with van der Waals surface area (Å²) in [6, 6.07) is 16.0. The molecule has 0 aliphatic heterocycles. The van der Waals surface area contributed by atoms with Crippen LogP contribution < -0.4 is 11.1 Å². The molecule has 3 N–H and O–H groups in total. The smallest absolute Gasteiger partial charge is 0.222 e. The van der Waals surface area contributed by atoms with E-state index in [1.807, 2.05) is 18.2 Å². The third-order valence-corrected chi connectivity index (χ3v) is 3.82. The summed E-state index contributed by atoms with van der Waals surface area (Å²) in [5, 5.41) is 12.7. The molecule has 0 amide bonds. The second-order valence-electron chi connectivity index (χ2n) is 5.61. The number of unbranched alkanes of at least 4 members (excludes halogenated alkanes) is 1. The van der Waals surface area contributed by atoms with Crippen LogP contribution in [0.3, 0.4) is 0 Å². The molecule has 2 aromatic heterocycles. The summed E-state index contributed by atoms with van der Waals surface area (Å²) in [5.41, 5.74) is 7.86. The lowest BCUT2D eigenvalue weighted by Gasteiger charge is -2.10. The van der Waals surface area contributed by atoms with Crippen LogP contribution in [0.15, 0.2) is 53.1 Å². The van der Waals surface area contributed by atoms with E-state index in [1.54, 1.807) is 12.1 Å². The SMILES string of the molecule is N#Cc1c(NCCCCc2ccccc2)nc(N)nc1-c1ccco1. The zero-order valence-electron chi connectivity index (χ0n) is 13.8. The van der Waals surface area contributed by atoms with E-state index in [2.05, 4.69) is 33.5 Å². The predicted octanol–water partition coefficient (Wildman–Crippen LogP) is 3.63. The number of hydrogen-bond donors (Lipinski definition) is 2. The number of rotatable bonds is 7. The Bertz CT molecular complexity index is 854. The predicted molar refractivity (Wildman–Crippen MR) is 96.7 cm³/mol. The van der Waals surface area contributed by atoms with Crippen LogP contribution in [0.2, 0.25) is 0 Å². The fourth-order valence-corrected chi connectivity index (χ4v) is 2.61. The standard InChI is InChI=1S/C19H19N5O/c20-13-15-17(16-10-6-12-25-16)23-19(21)24-18(15)22-11-5-4-9-14-7-2-1-3-8-14/h1-3,6-8,10,12H,4-5,9,11H2,(H3,21,22,23,24). The highest BCUT2D eigenvalue weighted by molar-refractivity contribution is 5.71. The molecule has 6 heteroatoms. The van der Waals surface area contributed by atoms with Crippen LogP contribution in [0.1, 0.15) is 24.0 Å². The molecule has 0 spiro atoms. The summed E-state index contributed by atoms with van der Waals surface area (Å²) in [5.74, 6) is 1.05. The Morgan fingerprint density at radius 2 is 1.92 bits per heavy atom. The number of benzene rings is 1. The molecule has 0 atom stereocenters. The molecule has 25 heavy (non-hydrogen) atoms. The average Bonchev–Trinajstić information content (AvgIpc) is 3.16. The Morgan fingerprint density at radius 3 is 2.64 bits per heavy atom. The lowest BCUT2D eigenvalue weighted by Crippen LogP contribution is -2.09. The number of nitrogens with one attached hydrogen (secondary N) is 1. The molecule has 0 aliphatic rings. The highest BCUT2D eigenvalue weighted by atomic mass is 16.3. The average molecular weight is 333 g/mol. The minimum atomic E-state index is 0.109. The van der Waals surface area contributed by atoms with Gasteiger partial charge in [0.1, 0.15) is 23.1 Å². The fourth-order valence-electron chi connectivity index (χ4n) is 2.61. The maximum atomic E-state index is 9.49. The number of nitrogens with zero attached hydrogens (tertiary/aromatic N) is 3. The van der Waals surface area contributed by atoms with E-state index in [0.29, 0.717) is 29.4 Å². The molecule has 126 valence electrons. The summed E-state index contributed by atoms with van der Waals surface area (Å²) in [4.78, 5) is 8.30. The first-order valence-electron chi connectivity index (χ1n) is 8.17. The molecular formula is C19H19N5O. The van der Waals surface area contributed by atoms with Crippen LogP contribution in [0.25, 0.3) is 11.5 Å². The van der Waals surface area contributed by atoms with Gasteiger partial charge in [0.2, 0.25) is 5.95 Å². The van der Waals surface area contributed by atoms with Gasteiger partial charge in [-0.1, -0.05) is 30.3 Å². The van der Waals surface area contributed by atoms with E-state index < -0.39 is 0 Å². The number of hydrogen-bond acceptors (Lipinski definition) is 6. The van der Waals surface area contributed by atoms with Crippen molar-refractivity contribution < 1.29 is 4.42 Å². The van der Waals surface area contributed by atoms with Crippen molar-refractivity contribution in [2.75, 3.05) is 17.6 Å². The molecule has 6 nitrogen and oxygen atoms in total. The molecule has 0 saturated heterocycles. The van der Waals surface area contributed by atoms with Gasteiger partial charge in [-0.15, -0.1) is 0 Å². The zero-order chi connectivity index (χ0) is 17.5. The first kappa shape index (κ1) is 16.5. The fraction of sp³-hybridized carbons (Fsp3) is 0.211. The second kappa shape index (κ2) is 7.97. The highest BCUT2D eigenvalue weighted by Gasteiger charge is 2.16. The number of aryl methyl sites for hydroxylation is 1. The lowest BCUT2D eigenvalue weighted by atomic mass is 10.1. The summed E-state index contributed by atoms with van der Waals surface area (Å²) < 4.78 is 5.34. The van der Waals surface area contributed by atoms with Gasteiger partial charge in [0.05, 0.1) is 6.26 Å². The van der Waals surface area contributed by atoms with Gasteiger partial charge in [0, 0.05) is 6.54 Å². The maximum Gasteiger partial charge on any atom is 0.222 e. The highest BCUT2D eigenvalue weighted by Crippen LogP contribution is 2.27. The number of nitriles is 1. The molecule has 0 fully saturated rings. The van der Waals surface area contributed by atoms with Crippen molar-refractivity contribution in [1.82, 2.24) is 9.97 Å². The summed E-state index contributed by atoms with van der Waals surface area (Å²) >= 11 is 0. The van der Waals surface area contributed by atoms with Crippen LogP contribution in [0.4, 0.5) is 11.8 Å². The van der Waals surface area contributed by atoms with Crippen LogP contribution in [-0.2, 0) is 6.42 Å². The monoisotopic (exact) mass is 333 g/mol. The van der Waals surface area contributed by atoms with Gasteiger partial charge in [0.25, 0.3) is 0 Å². The van der Waals surface area contributed by atoms with Crippen LogP contribution in [0.5, 0.6) is 0 Å². The first-order valence-corrected chi connectivity index (χ1v) is 8.17. The van der Waals surface area contributed by atoms with E-state index in [0.717, 1.165) is 19.3 Å². The minimum absolute atomic E-state index is 0.109. The summed E-state index contributed by atoms with van der Waals surface area (Å²) in [6.45, 7) is 0.704. The third kappa shape index (κ3) is 4.15. The van der Waals surface area contributed by atoms with E-state index >= 15 is 0 Å². The second-order valence-corrected chi connectivity index (χ2v) is 5.61. The van der Waals surface area contributed by atoms with Crippen LogP contribution in [-0.4, -0.2) is 16.5 Å². The quantitative estimate of drug-likeness (QED) is 0.640. The van der Waals surface area contributed by atoms with Crippen LogP contribution >= 0.6 is 0 Å². The molecule has 3 rings (SSSR count). The van der Waals surface area contributed by atoms with Crippen molar-refractivity contribution in [3.05, 3.63) is 59.9 Å². The Balaban J connectivity index is 1.63. The Kier molecular flexibility index (Phi) is 5.27. The molecule has 1 aromatic carbocycles. The van der Waals surface area contributed by atoms with Gasteiger partial charge in [-0.25, -0.2) is 4.98 Å². The molecule has 2 heterocycles. The van der Waals surface area contributed by atoms with Crippen molar-refractivity contribution in [2.45, 2.75) is 19.3 Å². The molecular weight excluding hydrogens is 314 g/mol. The van der Waals surface area contributed by atoms with Crippen molar-refractivity contribution in [1.29, 1.82) is 5.26 Å². The largest absolute Gasteiger partial charge is 0.463 e. The molecule has 0 radical (unpaired) electrons. The minimum Gasteiger partial charge on any atom is -0.463 e. The van der Waals surface area contributed by atoms with Gasteiger partial charge in [0.15, 0.2) is 5.76 Å². The van der Waals surface area contributed by atoms with Gasteiger partial charge in [-0.2, -0.15) is 10.2 Å². The van der Waals surface area contributed by atoms with E-state index in [4.69, 9.17) is 10.2 Å². The van der Waals surface area contributed by atoms with E-state index in [-0.39, 0.29) is 5.95 Å². The van der Waals surface area contributed by atoms with Gasteiger partial charge >= 0.3 is 0 Å².